The van der Waals surface area contributed by atoms with Gasteiger partial charge in [-0.25, -0.2) is 4.79 Å². The van der Waals surface area contributed by atoms with Gasteiger partial charge in [0.2, 0.25) is 17.7 Å². The lowest BCUT2D eigenvalue weighted by Crippen LogP contribution is -2.52. The average Bonchev–Trinajstić information content (AvgIpc) is 3.16. The second-order valence-corrected chi connectivity index (χ2v) is 10.6. The van der Waals surface area contributed by atoms with Crippen LogP contribution in [-0.2, 0) is 32.2 Å². The first kappa shape index (κ1) is 26.8. The number of nitrogens with one attached hydrogen (secondary N) is 3. The van der Waals surface area contributed by atoms with Gasteiger partial charge in [-0.3, -0.25) is 24.5 Å². The van der Waals surface area contributed by atoms with Gasteiger partial charge in [0.05, 0.1) is 0 Å². The van der Waals surface area contributed by atoms with E-state index >= 15 is 0 Å². The lowest BCUT2D eigenvalue weighted by Gasteiger charge is -2.29. The molecule has 2 aromatic carbocycles. The standard InChI is InChI=1S/C28H32N4O6/c1-16-5-8-18(9-6-16)23(31-27(37)38-28(2,3)4)25(35)29-14-17-7-10-20-19(13-17)15-32(26(20)36)21-11-12-22(33)30-24(21)34/h5-10,13,21,23H,11-12,14-15H2,1-4H3,(H,29,35)(H,31,37)(H,30,33,34)/t21?,23-/m0/s1. The van der Waals surface area contributed by atoms with Crippen molar-refractivity contribution in [3.05, 3.63) is 70.3 Å². The van der Waals surface area contributed by atoms with Crippen LogP contribution in [0.1, 0.15) is 72.3 Å². The number of fused-ring (bicyclic) bond motifs is 1. The second-order valence-electron chi connectivity index (χ2n) is 10.6. The molecule has 2 aliphatic rings. The molecule has 0 aromatic heterocycles. The number of hydrogen-bond acceptors (Lipinski definition) is 6. The fourth-order valence-corrected chi connectivity index (χ4v) is 4.51. The molecule has 1 fully saturated rings. The Labute approximate surface area is 221 Å². The number of aryl methyl sites for hydroxylation is 1. The van der Waals surface area contributed by atoms with Crippen molar-refractivity contribution in [2.24, 2.45) is 0 Å². The van der Waals surface area contributed by atoms with Gasteiger partial charge >= 0.3 is 6.09 Å². The highest BCUT2D eigenvalue weighted by Crippen LogP contribution is 2.28. The summed E-state index contributed by atoms with van der Waals surface area (Å²) in [5, 5.41) is 7.81. The summed E-state index contributed by atoms with van der Waals surface area (Å²) in [4.78, 5) is 63.8. The first-order valence-corrected chi connectivity index (χ1v) is 12.5. The highest BCUT2D eigenvalue weighted by molar-refractivity contribution is 6.05. The Morgan fingerprint density at radius 1 is 1.11 bits per heavy atom. The van der Waals surface area contributed by atoms with E-state index in [9.17, 15) is 24.0 Å². The van der Waals surface area contributed by atoms with Gasteiger partial charge in [0, 0.05) is 25.1 Å². The van der Waals surface area contributed by atoms with Crippen molar-refractivity contribution in [2.45, 2.75) is 71.3 Å². The molecular formula is C28H32N4O6. The number of amides is 5. The van der Waals surface area contributed by atoms with Gasteiger partial charge < -0.3 is 20.3 Å². The van der Waals surface area contributed by atoms with E-state index in [0.29, 0.717) is 17.5 Å². The monoisotopic (exact) mass is 520 g/mol. The predicted octanol–water partition coefficient (Wildman–Crippen LogP) is 2.64. The Kier molecular flexibility index (Phi) is 7.52. The normalized spacial score (nSPS) is 17.9. The maximum atomic E-state index is 13.2. The smallest absolute Gasteiger partial charge is 0.408 e. The third-order valence-corrected chi connectivity index (χ3v) is 6.39. The molecule has 0 spiro atoms. The van der Waals surface area contributed by atoms with Crippen molar-refractivity contribution in [1.82, 2.24) is 20.9 Å². The van der Waals surface area contributed by atoms with Gasteiger partial charge in [-0.1, -0.05) is 42.0 Å². The first-order valence-electron chi connectivity index (χ1n) is 12.5. The van der Waals surface area contributed by atoms with Gasteiger partial charge in [-0.15, -0.1) is 0 Å². The maximum Gasteiger partial charge on any atom is 0.408 e. The number of carbonyl (C=O) groups excluding carboxylic acids is 5. The fourth-order valence-electron chi connectivity index (χ4n) is 4.51. The molecule has 5 amide bonds. The van der Waals surface area contributed by atoms with Crippen LogP contribution in [0.15, 0.2) is 42.5 Å². The van der Waals surface area contributed by atoms with E-state index in [-0.39, 0.29) is 31.3 Å². The van der Waals surface area contributed by atoms with Crippen LogP contribution in [0.5, 0.6) is 0 Å². The molecule has 2 heterocycles. The molecule has 0 bridgehead atoms. The van der Waals surface area contributed by atoms with Crippen molar-refractivity contribution in [3.8, 4) is 0 Å². The first-order chi connectivity index (χ1) is 17.9. The fraction of sp³-hybridized carbons (Fsp3) is 0.393. The highest BCUT2D eigenvalue weighted by Gasteiger charge is 2.39. The van der Waals surface area contributed by atoms with E-state index in [4.69, 9.17) is 4.74 Å². The molecule has 10 heteroatoms. The minimum atomic E-state index is -0.968. The van der Waals surface area contributed by atoms with Crippen molar-refractivity contribution in [1.29, 1.82) is 0 Å². The minimum absolute atomic E-state index is 0.164. The molecule has 0 aliphatic carbocycles. The van der Waals surface area contributed by atoms with Crippen LogP contribution < -0.4 is 16.0 Å². The Morgan fingerprint density at radius 2 is 1.82 bits per heavy atom. The van der Waals surface area contributed by atoms with Crippen LogP contribution in [0.3, 0.4) is 0 Å². The zero-order chi connectivity index (χ0) is 27.6. The van der Waals surface area contributed by atoms with Gasteiger partial charge in [0.1, 0.15) is 17.7 Å². The van der Waals surface area contributed by atoms with Crippen molar-refractivity contribution >= 4 is 29.7 Å². The summed E-state index contributed by atoms with van der Waals surface area (Å²) in [5.74, 6) is -1.47. The Hall–Kier alpha value is -4.21. The number of alkyl carbamates (subject to hydrolysis) is 1. The lowest BCUT2D eigenvalue weighted by molar-refractivity contribution is -0.137. The molecule has 10 nitrogen and oxygen atoms in total. The minimum Gasteiger partial charge on any atom is -0.444 e. The molecule has 0 radical (unpaired) electrons. The number of imide groups is 1. The topological polar surface area (TPSA) is 134 Å². The van der Waals surface area contributed by atoms with Crippen molar-refractivity contribution < 1.29 is 28.7 Å². The van der Waals surface area contributed by atoms with Crippen LogP contribution in [0.25, 0.3) is 0 Å². The van der Waals surface area contributed by atoms with Crippen LogP contribution in [0.4, 0.5) is 4.79 Å². The molecule has 2 aliphatic heterocycles. The molecular weight excluding hydrogens is 488 g/mol. The van der Waals surface area contributed by atoms with Gasteiger partial charge in [0.15, 0.2) is 0 Å². The highest BCUT2D eigenvalue weighted by atomic mass is 16.6. The van der Waals surface area contributed by atoms with Crippen molar-refractivity contribution in [3.63, 3.8) is 0 Å². The Bertz CT molecular complexity index is 1280. The van der Waals surface area contributed by atoms with Crippen LogP contribution in [-0.4, -0.2) is 46.3 Å². The summed E-state index contributed by atoms with van der Waals surface area (Å²) in [7, 11) is 0. The number of benzene rings is 2. The number of hydrogen-bond donors (Lipinski definition) is 3. The summed E-state index contributed by atoms with van der Waals surface area (Å²) >= 11 is 0. The summed E-state index contributed by atoms with van der Waals surface area (Å²) in [6.45, 7) is 7.57. The van der Waals surface area contributed by atoms with E-state index in [1.165, 1.54) is 4.90 Å². The molecule has 1 unspecified atom stereocenters. The number of piperidine rings is 1. The molecule has 2 aromatic rings. The third kappa shape index (κ3) is 6.19. The van der Waals surface area contributed by atoms with E-state index in [2.05, 4.69) is 16.0 Å². The lowest BCUT2D eigenvalue weighted by atomic mass is 10.0. The van der Waals surface area contributed by atoms with Crippen LogP contribution in [0.2, 0.25) is 0 Å². The zero-order valence-electron chi connectivity index (χ0n) is 21.9. The van der Waals surface area contributed by atoms with E-state index in [0.717, 1.165) is 16.7 Å². The molecule has 200 valence electrons. The summed E-state index contributed by atoms with van der Waals surface area (Å²) in [6.07, 6.45) is -0.228. The SMILES string of the molecule is Cc1ccc([C@H](NC(=O)OC(C)(C)C)C(=O)NCc2ccc3c(c2)CN(C2CCC(=O)NC2=O)C3=O)cc1. The molecule has 38 heavy (non-hydrogen) atoms. The molecule has 2 atom stereocenters. The largest absolute Gasteiger partial charge is 0.444 e. The van der Waals surface area contributed by atoms with Crippen LogP contribution >= 0.6 is 0 Å². The third-order valence-electron chi connectivity index (χ3n) is 6.39. The number of carbonyl (C=O) groups is 5. The average molecular weight is 521 g/mol. The predicted molar refractivity (Wildman–Crippen MR) is 138 cm³/mol. The molecule has 1 saturated heterocycles. The number of rotatable bonds is 6. The van der Waals surface area contributed by atoms with Crippen molar-refractivity contribution in [2.75, 3.05) is 0 Å². The molecule has 0 saturated carbocycles. The Morgan fingerprint density at radius 3 is 2.47 bits per heavy atom. The summed E-state index contributed by atoms with van der Waals surface area (Å²) in [5.41, 5.74) is 2.90. The van der Waals surface area contributed by atoms with Gasteiger partial charge in [0.25, 0.3) is 5.91 Å². The Balaban J connectivity index is 1.44. The van der Waals surface area contributed by atoms with Gasteiger partial charge in [-0.05, 0) is 56.9 Å². The second kappa shape index (κ2) is 10.6. The van der Waals surface area contributed by atoms with Gasteiger partial charge in [-0.2, -0.15) is 0 Å². The van der Waals surface area contributed by atoms with E-state index in [1.54, 1.807) is 45.0 Å². The number of ether oxygens (including phenoxy) is 1. The van der Waals surface area contributed by atoms with Crippen LogP contribution in [0, 0.1) is 6.92 Å². The number of nitrogens with zero attached hydrogens (tertiary/aromatic N) is 1. The zero-order valence-corrected chi connectivity index (χ0v) is 21.9. The van der Waals surface area contributed by atoms with E-state index < -0.39 is 35.6 Å². The van der Waals surface area contributed by atoms with E-state index in [1.807, 2.05) is 25.1 Å². The molecule has 3 N–H and O–H groups in total. The maximum absolute atomic E-state index is 13.2. The quantitative estimate of drug-likeness (QED) is 0.502. The summed E-state index contributed by atoms with van der Waals surface area (Å²) < 4.78 is 5.35. The summed E-state index contributed by atoms with van der Waals surface area (Å²) in [6, 6.07) is 10.9. The molecule has 4 rings (SSSR count).